The Morgan fingerprint density at radius 2 is 1.76 bits per heavy atom. The van der Waals surface area contributed by atoms with Gasteiger partial charge in [-0.2, -0.15) is 5.10 Å². The van der Waals surface area contributed by atoms with Crippen molar-refractivity contribution in [1.82, 2.24) is 14.7 Å². The molecule has 1 saturated heterocycles. The van der Waals surface area contributed by atoms with Gasteiger partial charge in [-0.1, -0.05) is 11.6 Å². The molecule has 3 rings (SSSR count). The minimum Gasteiger partial charge on any atom is -0.368 e. The van der Waals surface area contributed by atoms with Gasteiger partial charge in [-0.25, -0.2) is 0 Å². The smallest absolute Gasteiger partial charge is 0.223 e. The number of carbonyl (C=O) groups excluding carboxylic acids is 1. The Balaban J connectivity index is 1.52. The third kappa shape index (κ3) is 3.98. The van der Waals surface area contributed by atoms with Crippen LogP contribution < -0.4 is 4.90 Å². The number of rotatable bonds is 4. The summed E-state index contributed by atoms with van der Waals surface area (Å²) in [6, 6.07) is 7.89. The molecule has 25 heavy (non-hydrogen) atoms. The summed E-state index contributed by atoms with van der Waals surface area (Å²) in [6.07, 6.45) is 1.32. The molecule has 5 nitrogen and oxygen atoms in total. The van der Waals surface area contributed by atoms with E-state index in [2.05, 4.69) is 16.9 Å². The number of aryl methyl sites for hydroxylation is 2. The van der Waals surface area contributed by atoms with E-state index in [4.69, 9.17) is 11.6 Å². The number of piperazine rings is 1. The van der Waals surface area contributed by atoms with E-state index in [-0.39, 0.29) is 5.91 Å². The molecule has 1 aromatic heterocycles. The van der Waals surface area contributed by atoms with Crippen LogP contribution in [0.4, 0.5) is 5.69 Å². The molecule has 1 amide bonds. The van der Waals surface area contributed by atoms with Crippen molar-refractivity contribution >= 4 is 23.2 Å². The van der Waals surface area contributed by atoms with Crippen LogP contribution in [0.15, 0.2) is 24.3 Å². The first-order valence-corrected chi connectivity index (χ1v) is 9.11. The lowest BCUT2D eigenvalue weighted by atomic mass is 10.1. The molecule has 0 spiro atoms. The quantitative estimate of drug-likeness (QED) is 0.841. The molecule has 134 valence electrons. The topological polar surface area (TPSA) is 41.4 Å². The molecule has 1 fully saturated rings. The first-order valence-electron chi connectivity index (χ1n) is 8.73. The molecular formula is C19H25ClN4O. The predicted molar refractivity (Wildman–Crippen MR) is 101 cm³/mol. The molecule has 1 aromatic carbocycles. The zero-order valence-corrected chi connectivity index (χ0v) is 15.9. The van der Waals surface area contributed by atoms with E-state index in [1.54, 1.807) is 0 Å². The summed E-state index contributed by atoms with van der Waals surface area (Å²) in [7, 11) is 1.95. The number of aromatic nitrogens is 2. The van der Waals surface area contributed by atoms with Gasteiger partial charge in [0.25, 0.3) is 0 Å². The van der Waals surface area contributed by atoms with Crippen LogP contribution in [0, 0.1) is 13.8 Å². The Morgan fingerprint density at radius 1 is 1.12 bits per heavy atom. The van der Waals surface area contributed by atoms with Gasteiger partial charge in [-0.15, -0.1) is 0 Å². The normalized spacial score (nSPS) is 14.9. The van der Waals surface area contributed by atoms with Crippen LogP contribution in [0.1, 0.15) is 23.4 Å². The summed E-state index contributed by atoms with van der Waals surface area (Å²) in [5.41, 5.74) is 4.55. The maximum Gasteiger partial charge on any atom is 0.223 e. The molecule has 0 unspecified atom stereocenters. The number of hydrogen-bond donors (Lipinski definition) is 0. The molecular weight excluding hydrogens is 336 g/mol. The van der Waals surface area contributed by atoms with E-state index < -0.39 is 0 Å². The molecule has 1 aliphatic rings. The van der Waals surface area contributed by atoms with Gasteiger partial charge in [0.05, 0.1) is 5.69 Å². The molecule has 0 bridgehead atoms. The van der Waals surface area contributed by atoms with Gasteiger partial charge < -0.3 is 9.80 Å². The maximum atomic E-state index is 12.6. The van der Waals surface area contributed by atoms with Crippen LogP contribution in [0.3, 0.4) is 0 Å². The Morgan fingerprint density at radius 3 is 2.32 bits per heavy atom. The van der Waals surface area contributed by atoms with Crippen LogP contribution in [-0.2, 0) is 18.3 Å². The highest BCUT2D eigenvalue weighted by atomic mass is 35.5. The third-order valence-corrected chi connectivity index (χ3v) is 5.32. The zero-order chi connectivity index (χ0) is 18.0. The number of nitrogens with zero attached hydrogens (tertiary/aromatic N) is 4. The van der Waals surface area contributed by atoms with Crippen molar-refractivity contribution in [2.24, 2.45) is 7.05 Å². The second-order valence-corrected chi connectivity index (χ2v) is 7.05. The van der Waals surface area contributed by atoms with Crippen molar-refractivity contribution in [3.8, 4) is 0 Å². The lowest BCUT2D eigenvalue weighted by Gasteiger charge is -2.36. The third-order valence-electron chi connectivity index (χ3n) is 5.07. The number of benzene rings is 1. The molecule has 0 saturated carbocycles. The molecule has 6 heteroatoms. The highest BCUT2D eigenvalue weighted by Crippen LogP contribution is 2.20. The monoisotopic (exact) mass is 360 g/mol. The van der Waals surface area contributed by atoms with Gasteiger partial charge in [0.2, 0.25) is 5.91 Å². The average molecular weight is 361 g/mol. The molecule has 2 aromatic rings. The number of hydrogen-bond acceptors (Lipinski definition) is 3. The standard InChI is InChI=1S/C19H25ClN4O/c1-14-18(15(2)22(3)21-14)8-9-19(25)24-12-10-23(11-13-24)17-6-4-16(20)5-7-17/h4-7H,8-13H2,1-3H3. The highest BCUT2D eigenvalue weighted by Gasteiger charge is 2.22. The maximum absolute atomic E-state index is 12.6. The molecule has 1 aliphatic heterocycles. The lowest BCUT2D eigenvalue weighted by molar-refractivity contribution is -0.131. The minimum atomic E-state index is 0.235. The van der Waals surface area contributed by atoms with Crippen molar-refractivity contribution in [3.05, 3.63) is 46.2 Å². The fourth-order valence-electron chi connectivity index (χ4n) is 3.44. The molecule has 0 aliphatic carbocycles. The van der Waals surface area contributed by atoms with E-state index in [1.807, 2.05) is 47.8 Å². The van der Waals surface area contributed by atoms with E-state index >= 15 is 0 Å². The first kappa shape index (κ1) is 17.8. The van der Waals surface area contributed by atoms with Gasteiger partial charge in [0.1, 0.15) is 0 Å². The summed E-state index contributed by atoms with van der Waals surface area (Å²) >= 11 is 5.95. The van der Waals surface area contributed by atoms with Crippen LogP contribution in [0.25, 0.3) is 0 Å². The van der Waals surface area contributed by atoms with Crippen LogP contribution >= 0.6 is 11.6 Å². The fourth-order valence-corrected chi connectivity index (χ4v) is 3.56. The number of halogens is 1. The van der Waals surface area contributed by atoms with Gasteiger partial charge in [-0.3, -0.25) is 9.48 Å². The van der Waals surface area contributed by atoms with Crippen molar-refractivity contribution in [2.45, 2.75) is 26.7 Å². The predicted octanol–water partition coefficient (Wildman–Crippen LogP) is 2.97. The summed E-state index contributed by atoms with van der Waals surface area (Å²) in [5, 5.41) is 5.18. The van der Waals surface area contributed by atoms with Gasteiger partial charge >= 0.3 is 0 Å². The summed E-state index contributed by atoms with van der Waals surface area (Å²) in [5.74, 6) is 0.235. The van der Waals surface area contributed by atoms with E-state index in [1.165, 1.54) is 5.56 Å². The Bertz CT molecular complexity index is 746. The Hall–Kier alpha value is -2.01. The second kappa shape index (κ2) is 7.48. The van der Waals surface area contributed by atoms with E-state index in [0.717, 1.165) is 54.7 Å². The second-order valence-electron chi connectivity index (χ2n) is 6.62. The highest BCUT2D eigenvalue weighted by molar-refractivity contribution is 6.30. The van der Waals surface area contributed by atoms with Crippen LogP contribution in [0.2, 0.25) is 5.02 Å². The van der Waals surface area contributed by atoms with Crippen LogP contribution in [0.5, 0.6) is 0 Å². The van der Waals surface area contributed by atoms with Crippen molar-refractivity contribution in [3.63, 3.8) is 0 Å². The SMILES string of the molecule is Cc1nn(C)c(C)c1CCC(=O)N1CCN(c2ccc(Cl)cc2)CC1. The van der Waals surface area contributed by atoms with Crippen molar-refractivity contribution < 1.29 is 4.79 Å². The number of anilines is 1. The van der Waals surface area contributed by atoms with Gasteiger partial charge in [-0.05, 0) is 50.1 Å². The first-order chi connectivity index (χ1) is 12.0. The Kier molecular flexibility index (Phi) is 5.33. The molecule has 0 N–H and O–H groups in total. The van der Waals surface area contributed by atoms with Gasteiger partial charge in [0, 0.05) is 56.1 Å². The van der Waals surface area contributed by atoms with Crippen molar-refractivity contribution in [2.75, 3.05) is 31.1 Å². The molecule has 0 atom stereocenters. The summed E-state index contributed by atoms with van der Waals surface area (Å²) in [6.45, 7) is 7.33. The summed E-state index contributed by atoms with van der Waals surface area (Å²) < 4.78 is 1.89. The van der Waals surface area contributed by atoms with Gasteiger partial charge in [0.15, 0.2) is 0 Å². The summed E-state index contributed by atoms with van der Waals surface area (Å²) in [4.78, 5) is 16.8. The molecule has 0 radical (unpaired) electrons. The Labute approximate surface area is 154 Å². The number of amides is 1. The van der Waals surface area contributed by atoms with E-state index in [9.17, 15) is 4.79 Å². The zero-order valence-electron chi connectivity index (χ0n) is 15.1. The van der Waals surface area contributed by atoms with E-state index in [0.29, 0.717) is 6.42 Å². The molecule has 2 heterocycles. The fraction of sp³-hybridized carbons (Fsp3) is 0.474. The lowest BCUT2D eigenvalue weighted by Crippen LogP contribution is -2.48. The average Bonchev–Trinajstić information content (AvgIpc) is 2.86. The number of carbonyl (C=O) groups is 1. The minimum absolute atomic E-state index is 0.235. The van der Waals surface area contributed by atoms with Crippen LogP contribution in [-0.4, -0.2) is 46.8 Å². The largest absolute Gasteiger partial charge is 0.368 e. The van der Waals surface area contributed by atoms with Crippen molar-refractivity contribution in [1.29, 1.82) is 0 Å².